The first-order valence-corrected chi connectivity index (χ1v) is 5.46. The summed E-state index contributed by atoms with van der Waals surface area (Å²) in [5.74, 6) is 0.210. The third-order valence-electron chi connectivity index (χ3n) is 2.35. The highest BCUT2D eigenvalue weighted by molar-refractivity contribution is 6.20. The van der Waals surface area contributed by atoms with Crippen LogP contribution in [0.1, 0.15) is 31.4 Å². The molecule has 16 heavy (non-hydrogen) atoms. The van der Waals surface area contributed by atoms with Gasteiger partial charge in [0.25, 0.3) is 0 Å². The first-order chi connectivity index (χ1) is 7.70. The van der Waals surface area contributed by atoms with Crippen molar-refractivity contribution in [1.82, 2.24) is 0 Å². The zero-order valence-corrected chi connectivity index (χ0v) is 10.4. The van der Waals surface area contributed by atoms with E-state index in [4.69, 9.17) is 0 Å². The summed E-state index contributed by atoms with van der Waals surface area (Å²) in [7, 11) is 0. The lowest BCUT2D eigenvalue weighted by molar-refractivity contribution is -0.113. The Bertz CT molecular complexity index is 375. The Labute approximate surface area is 98.5 Å². The fourth-order valence-electron chi connectivity index (χ4n) is 1.53. The van der Waals surface area contributed by atoms with Gasteiger partial charge in [-0.25, -0.2) is 0 Å². The molecule has 0 spiro atoms. The average molecular weight is 216 g/mol. The van der Waals surface area contributed by atoms with Crippen LogP contribution in [-0.2, 0) is 4.79 Å². The minimum Gasteiger partial charge on any atom is -0.294 e. The number of rotatable bonds is 3. The zero-order chi connectivity index (χ0) is 12.6. The van der Waals surface area contributed by atoms with E-state index < -0.39 is 0 Å². The lowest BCUT2D eigenvalue weighted by Crippen LogP contribution is -2.01. The van der Waals surface area contributed by atoms with E-state index in [1.807, 2.05) is 51.1 Å². The molecule has 0 fully saturated rings. The van der Waals surface area contributed by atoms with Crippen LogP contribution in [0.4, 0.5) is 0 Å². The largest absolute Gasteiger partial charge is 0.294 e. The first-order valence-electron chi connectivity index (χ1n) is 5.46. The standard InChI is InChI=1S/C13H16O.C2H4/c1-4-11(13(14)5-2)12-9-7-6-8-10(12)3;1-2/h4,6-9H,5H2,1-3H3;1-2H2/b11-4+;. The van der Waals surface area contributed by atoms with Crippen LogP contribution >= 0.6 is 0 Å². The predicted molar refractivity (Wildman–Crippen MR) is 71.4 cm³/mol. The maximum atomic E-state index is 11.6. The molecule has 0 heterocycles. The van der Waals surface area contributed by atoms with E-state index in [0.29, 0.717) is 6.42 Å². The van der Waals surface area contributed by atoms with Gasteiger partial charge in [0.05, 0.1) is 0 Å². The Morgan fingerprint density at radius 3 is 2.31 bits per heavy atom. The van der Waals surface area contributed by atoms with Crippen molar-refractivity contribution in [3.8, 4) is 0 Å². The van der Waals surface area contributed by atoms with Crippen LogP contribution in [0.2, 0.25) is 0 Å². The molecule has 0 saturated heterocycles. The predicted octanol–water partition coefficient (Wildman–Crippen LogP) is 4.18. The number of hydrogen-bond donors (Lipinski definition) is 0. The second-order valence-electron chi connectivity index (χ2n) is 3.29. The zero-order valence-electron chi connectivity index (χ0n) is 10.4. The normalized spacial score (nSPS) is 10.3. The van der Waals surface area contributed by atoms with E-state index in [0.717, 1.165) is 16.7 Å². The third kappa shape index (κ3) is 3.50. The molecule has 0 bridgehead atoms. The van der Waals surface area contributed by atoms with Gasteiger partial charge in [-0.05, 0) is 25.0 Å². The van der Waals surface area contributed by atoms with Crippen LogP contribution in [0, 0.1) is 6.92 Å². The highest BCUT2D eigenvalue weighted by Gasteiger charge is 2.09. The summed E-state index contributed by atoms with van der Waals surface area (Å²) in [4.78, 5) is 11.6. The van der Waals surface area contributed by atoms with Crippen LogP contribution in [0.25, 0.3) is 5.57 Å². The van der Waals surface area contributed by atoms with E-state index in [-0.39, 0.29) is 5.78 Å². The first kappa shape index (κ1) is 14.4. The van der Waals surface area contributed by atoms with Crippen LogP contribution < -0.4 is 0 Å². The van der Waals surface area contributed by atoms with Gasteiger partial charge in [0.15, 0.2) is 5.78 Å². The smallest absolute Gasteiger partial charge is 0.162 e. The van der Waals surface area contributed by atoms with Crippen molar-refractivity contribution in [2.45, 2.75) is 27.2 Å². The molecule has 0 N–H and O–H groups in total. The van der Waals surface area contributed by atoms with Gasteiger partial charge in [-0.15, -0.1) is 13.2 Å². The summed E-state index contributed by atoms with van der Waals surface area (Å²) in [6, 6.07) is 7.98. The molecule has 1 aromatic rings. The lowest BCUT2D eigenvalue weighted by atomic mass is 9.96. The van der Waals surface area contributed by atoms with Crippen molar-refractivity contribution < 1.29 is 4.79 Å². The summed E-state index contributed by atoms with van der Waals surface area (Å²) in [6.07, 6.45) is 2.46. The molecule has 0 amide bonds. The van der Waals surface area contributed by atoms with E-state index in [2.05, 4.69) is 13.2 Å². The highest BCUT2D eigenvalue weighted by atomic mass is 16.1. The number of aryl methyl sites for hydroxylation is 1. The van der Waals surface area contributed by atoms with Crippen LogP contribution in [0.5, 0.6) is 0 Å². The molecule has 0 aliphatic rings. The molecule has 0 aliphatic carbocycles. The van der Waals surface area contributed by atoms with Gasteiger partial charge in [-0.1, -0.05) is 37.3 Å². The molecule has 1 heteroatoms. The van der Waals surface area contributed by atoms with Crippen molar-refractivity contribution in [3.63, 3.8) is 0 Å². The minimum absolute atomic E-state index is 0.210. The van der Waals surface area contributed by atoms with Gasteiger partial charge in [0.2, 0.25) is 0 Å². The lowest BCUT2D eigenvalue weighted by Gasteiger charge is -2.07. The fourth-order valence-corrected chi connectivity index (χ4v) is 1.53. The number of hydrogen-bond acceptors (Lipinski definition) is 1. The topological polar surface area (TPSA) is 17.1 Å². The number of allylic oxidation sites excluding steroid dienone is 2. The number of carbonyl (C=O) groups is 1. The minimum atomic E-state index is 0.210. The number of benzene rings is 1. The van der Waals surface area contributed by atoms with Crippen LogP contribution in [0.15, 0.2) is 43.5 Å². The molecule has 0 saturated carbocycles. The summed E-state index contributed by atoms with van der Waals surface area (Å²) < 4.78 is 0. The molecule has 0 aliphatic heterocycles. The quantitative estimate of drug-likeness (QED) is 0.547. The molecule has 1 aromatic carbocycles. The molecule has 0 unspecified atom stereocenters. The average Bonchev–Trinajstić information content (AvgIpc) is 2.34. The van der Waals surface area contributed by atoms with Gasteiger partial charge in [0, 0.05) is 12.0 Å². The van der Waals surface area contributed by atoms with Crippen LogP contribution in [-0.4, -0.2) is 5.78 Å². The Hall–Kier alpha value is -1.63. The van der Waals surface area contributed by atoms with Gasteiger partial charge < -0.3 is 0 Å². The van der Waals surface area contributed by atoms with Crippen molar-refractivity contribution in [1.29, 1.82) is 0 Å². The molecule has 0 radical (unpaired) electrons. The van der Waals surface area contributed by atoms with E-state index in [1.54, 1.807) is 0 Å². The van der Waals surface area contributed by atoms with Gasteiger partial charge >= 0.3 is 0 Å². The summed E-state index contributed by atoms with van der Waals surface area (Å²) in [6.45, 7) is 11.8. The second kappa shape index (κ2) is 7.63. The van der Waals surface area contributed by atoms with Crippen molar-refractivity contribution in [2.24, 2.45) is 0 Å². The number of ketones is 1. The Morgan fingerprint density at radius 1 is 1.31 bits per heavy atom. The molecule has 0 aromatic heterocycles. The third-order valence-corrected chi connectivity index (χ3v) is 2.35. The molecule has 1 nitrogen and oxygen atoms in total. The maximum Gasteiger partial charge on any atom is 0.162 e. The van der Waals surface area contributed by atoms with Crippen molar-refractivity contribution in [2.75, 3.05) is 0 Å². The molecule has 1 rings (SSSR count). The summed E-state index contributed by atoms with van der Waals surface area (Å²) in [5.41, 5.74) is 3.05. The maximum absolute atomic E-state index is 11.6. The highest BCUT2D eigenvalue weighted by Crippen LogP contribution is 2.20. The Morgan fingerprint density at radius 2 is 1.88 bits per heavy atom. The fraction of sp³-hybridized carbons (Fsp3) is 0.267. The van der Waals surface area contributed by atoms with Gasteiger partial charge in [-0.2, -0.15) is 0 Å². The van der Waals surface area contributed by atoms with E-state index >= 15 is 0 Å². The van der Waals surface area contributed by atoms with E-state index in [1.165, 1.54) is 0 Å². The van der Waals surface area contributed by atoms with Gasteiger partial charge in [0.1, 0.15) is 0 Å². The van der Waals surface area contributed by atoms with Crippen LogP contribution in [0.3, 0.4) is 0 Å². The number of Topliss-reactive ketones (excluding diaryl/α,β-unsaturated/α-hetero) is 1. The second-order valence-corrected chi connectivity index (χ2v) is 3.29. The summed E-state index contributed by atoms with van der Waals surface area (Å²) >= 11 is 0. The molecule has 86 valence electrons. The SMILES string of the molecule is C/C=C(/C(=O)CC)c1ccccc1C.C=C. The molecular weight excluding hydrogens is 196 g/mol. The molecular formula is C15H20O. The van der Waals surface area contributed by atoms with Gasteiger partial charge in [-0.3, -0.25) is 4.79 Å². The van der Waals surface area contributed by atoms with Crippen molar-refractivity contribution in [3.05, 3.63) is 54.6 Å². The van der Waals surface area contributed by atoms with E-state index in [9.17, 15) is 4.79 Å². The summed E-state index contributed by atoms with van der Waals surface area (Å²) in [5, 5.41) is 0. The number of carbonyl (C=O) groups excluding carboxylic acids is 1. The van der Waals surface area contributed by atoms with Crippen molar-refractivity contribution >= 4 is 11.4 Å². The Kier molecular flexibility index (Phi) is 6.86. The molecule has 0 atom stereocenters. The Balaban J connectivity index is 0.00000106. The monoisotopic (exact) mass is 216 g/mol.